The van der Waals surface area contributed by atoms with Crippen LogP contribution in [0.3, 0.4) is 0 Å². The molecule has 0 bridgehead atoms. The number of hydrogen-bond donors (Lipinski definition) is 1. The van der Waals surface area contributed by atoms with Gasteiger partial charge < -0.3 is 10.2 Å². The fraction of sp³-hybridized carbons (Fsp3) is 0.467. The molecule has 1 fully saturated rings. The molecule has 1 atom stereocenters. The van der Waals surface area contributed by atoms with Gasteiger partial charge in [-0.25, -0.2) is 4.39 Å². The van der Waals surface area contributed by atoms with Crippen LogP contribution in [-0.4, -0.2) is 42.8 Å². The molecule has 106 valence electrons. The lowest BCUT2D eigenvalue weighted by atomic mass is 9.82. The standard InChI is InChI=1S/C15H17FN2O2/c16-12-2-1-10-7-11(8-14(19)13(10)9-12)15(20)18-5-3-17-4-6-18/h1-2,9,11,17H,3-8H2. The van der Waals surface area contributed by atoms with Crippen LogP contribution in [0.1, 0.15) is 22.3 Å². The van der Waals surface area contributed by atoms with E-state index in [0.717, 1.165) is 18.7 Å². The summed E-state index contributed by atoms with van der Waals surface area (Å²) in [5, 5.41) is 3.20. The van der Waals surface area contributed by atoms with Gasteiger partial charge in [-0.2, -0.15) is 0 Å². The number of rotatable bonds is 1. The van der Waals surface area contributed by atoms with E-state index in [4.69, 9.17) is 0 Å². The predicted molar refractivity (Wildman–Crippen MR) is 72.0 cm³/mol. The Hall–Kier alpha value is -1.75. The van der Waals surface area contributed by atoms with Crippen molar-refractivity contribution in [1.82, 2.24) is 10.2 Å². The van der Waals surface area contributed by atoms with Crippen LogP contribution in [0.25, 0.3) is 0 Å². The fourth-order valence-corrected chi connectivity index (χ4v) is 2.98. The summed E-state index contributed by atoms with van der Waals surface area (Å²) in [6, 6.07) is 4.26. The minimum absolute atomic E-state index is 0.0508. The van der Waals surface area contributed by atoms with Crippen molar-refractivity contribution in [3.8, 4) is 0 Å². The van der Waals surface area contributed by atoms with Crippen molar-refractivity contribution in [2.24, 2.45) is 5.92 Å². The van der Waals surface area contributed by atoms with Gasteiger partial charge in [0.1, 0.15) is 5.82 Å². The van der Waals surface area contributed by atoms with Crippen LogP contribution in [0.15, 0.2) is 18.2 Å². The van der Waals surface area contributed by atoms with Crippen molar-refractivity contribution in [2.45, 2.75) is 12.8 Å². The maximum Gasteiger partial charge on any atom is 0.226 e. The van der Waals surface area contributed by atoms with E-state index in [0.29, 0.717) is 25.1 Å². The first-order valence-electron chi connectivity index (χ1n) is 6.96. The Morgan fingerprint density at radius 2 is 2.00 bits per heavy atom. The minimum Gasteiger partial charge on any atom is -0.340 e. The highest BCUT2D eigenvalue weighted by atomic mass is 19.1. The first-order valence-corrected chi connectivity index (χ1v) is 6.96. The second kappa shape index (κ2) is 5.32. The molecule has 1 heterocycles. The summed E-state index contributed by atoms with van der Waals surface area (Å²) >= 11 is 0. The largest absolute Gasteiger partial charge is 0.340 e. The Bertz CT molecular complexity index is 553. The molecule has 20 heavy (non-hydrogen) atoms. The lowest BCUT2D eigenvalue weighted by Gasteiger charge is -2.32. The second-order valence-corrected chi connectivity index (χ2v) is 5.41. The van der Waals surface area contributed by atoms with E-state index in [-0.39, 0.29) is 24.0 Å². The van der Waals surface area contributed by atoms with Crippen molar-refractivity contribution in [2.75, 3.05) is 26.2 Å². The molecule has 1 aromatic carbocycles. The molecule has 0 radical (unpaired) electrons. The topological polar surface area (TPSA) is 49.4 Å². The van der Waals surface area contributed by atoms with Crippen LogP contribution < -0.4 is 5.32 Å². The molecule has 1 saturated heterocycles. The molecule has 1 aliphatic heterocycles. The number of carbonyl (C=O) groups excluding carboxylic acids is 2. The van der Waals surface area contributed by atoms with Gasteiger partial charge in [-0.15, -0.1) is 0 Å². The van der Waals surface area contributed by atoms with Crippen LogP contribution in [0.4, 0.5) is 4.39 Å². The highest BCUT2D eigenvalue weighted by molar-refractivity contribution is 6.01. The number of carbonyl (C=O) groups is 2. The predicted octanol–water partition coefficient (Wildman–Crippen LogP) is 1.00. The Labute approximate surface area is 117 Å². The smallest absolute Gasteiger partial charge is 0.226 e. The van der Waals surface area contributed by atoms with E-state index in [9.17, 15) is 14.0 Å². The van der Waals surface area contributed by atoms with Gasteiger partial charge in [0.2, 0.25) is 5.91 Å². The third-order valence-electron chi connectivity index (χ3n) is 4.05. The van der Waals surface area contributed by atoms with Gasteiger partial charge in [-0.3, -0.25) is 9.59 Å². The van der Waals surface area contributed by atoms with Crippen LogP contribution in [0.5, 0.6) is 0 Å². The van der Waals surface area contributed by atoms with E-state index < -0.39 is 5.82 Å². The zero-order valence-corrected chi connectivity index (χ0v) is 11.2. The van der Waals surface area contributed by atoms with Crippen molar-refractivity contribution in [3.05, 3.63) is 35.1 Å². The lowest BCUT2D eigenvalue weighted by Crippen LogP contribution is -2.49. The van der Waals surface area contributed by atoms with E-state index in [1.165, 1.54) is 12.1 Å². The molecule has 0 spiro atoms. The molecule has 3 rings (SSSR count). The monoisotopic (exact) mass is 276 g/mol. The zero-order chi connectivity index (χ0) is 14.1. The third kappa shape index (κ3) is 2.45. The summed E-state index contributed by atoms with van der Waals surface area (Å²) in [6.07, 6.45) is 0.726. The number of benzene rings is 1. The second-order valence-electron chi connectivity index (χ2n) is 5.41. The molecule has 1 aliphatic carbocycles. The number of amides is 1. The number of Topliss-reactive ketones (excluding diaryl/α,β-unsaturated/α-hetero) is 1. The normalized spacial score (nSPS) is 22.6. The minimum atomic E-state index is -0.399. The van der Waals surface area contributed by atoms with Gasteiger partial charge in [0.05, 0.1) is 0 Å². The quantitative estimate of drug-likeness (QED) is 0.832. The fourth-order valence-electron chi connectivity index (χ4n) is 2.98. The van der Waals surface area contributed by atoms with Gasteiger partial charge in [-0.1, -0.05) is 6.07 Å². The van der Waals surface area contributed by atoms with Gasteiger partial charge >= 0.3 is 0 Å². The maximum absolute atomic E-state index is 13.2. The number of halogens is 1. The van der Waals surface area contributed by atoms with Crippen LogP contribution in [0.2, 0.25) is 0 Å². The van der Waals surface area contributed by atoms with Crippen LogP contribution >= 0.6 is 0 Å². The number of hydrogen-bond acceptors (Lipinski definition) is 3. The van der Waals surface area contributed by atoms with E-state index >= 15 is 0 Å². The first-order chi connectivity index (χ1) is 9.65. The molecule has 0 saturated carbocycles. The molecule has 1 amide bonds. The summed E-state index contributed by atoms with van der Waals surface area (Å²) in [6.45, 7) is 2.99. The summed E-state index contributed by atoms with van der Waals surface area (Å²) < 4.78 is 13.2. The zero-order valence-electron chi connectivity index (χ0n) is 11.2. The SMILES string of the molecule is O=C1CC(C(=O)N2CCNCC2)Cc2ccc(F)cc21. The number of piperazine rings is 1. The Kier molecular flexibility index (Phi) is 3.53. The highest BCUT2D eigenvalue weighted by Crippen LogP contribution is 2.27. The van der Waals surface area contributed by atoms with Crippen molar-refractivity contribution in [1.29, 1.82) is 0 Å². The average Bonchev–Trinajstić information content (AvgIpc) is 2.48. The number of ketones is 1. The molecule has 1 aromatic rings. The molecular formula is C15H17FN2O2. The van der Waals surface area contributed by atoms with E-state index in [1.54, 1.807) is 6.07 Å². The molecular weight excluding hydrogens is 259 g/mol. The van der Waals surface area contributed by atoms with Crippen molar-refractivity contribution >= 4 is 11.7 Å². The van der Waals surface area contributed by atoms with E-state index in [2.05, 4.69) is 5.32 Å². The van der Waals surface area contributed by atoms with Crippen LogP contribution in [-0.2, 0) is 11.2 Å². The Morgan fingerprint density at radius 3 is 2.75 bits per heavy atom. The Balaban J connectivity index is 1.79. The van der Waals surface area contributed by atoms with Crippen LogP contribution in [0, 0.1) is 11.7 Å². The first kappa shape index (κ1) is 13.2. The summed E-state index contributed by atoms with van der Waals surface area (Å²) in [5.74, 6) is -0.767. The maximum atomic E-state index is 13.2. The molecule has 4 nitrogen and oxygen atoms in total. The molecule has 1 unspecified atom stereocenters. The molecule has 2 aliphatic rings. The summed E-state index contributed by atoms with van der Waals surface area (Å²) in [7, 11) is 0. The third-order valence-corrected chi connectivity index (χ3v) is 4.05. The summed E-state index contributed by atoms with van der Waals surface area (Å²) in [4.78, 5) is 26.4. The van der Waals surface area contributed by atoms with Gasteiger partial charge in [0.15, 0.2) is 5.78 Å². The highest BCUT2D eigenvalue weighted by Gasteiger charge is 2.32. The van der Waals surface area contributed by atoms with Gasteiger partial charge in [-0.05, 0) is 24.1 Å². The number of nitrogens with zero attached hydrogens (tertiary/aromatic N) is 1. The molecule has 1 N–H and O–H groups in total. The van der Waals surface area contributed by atoms with Crippen molar-refractivity contribution in [3.63, 3.8) is 0 Å². The van der Waals surface area contributed by atoms with E-state index in [1.807, 2.05) is 4.90 Å². The lowest BCUT2D eigenvalue weighted by molar-refractivity contribution is -0.136. The number of fused-ring (bicyclic) bond motifs is 1. The summed E-state index contributed by atoms with van der Waals surface area (Å²) in [5.41, 5.74) is 1.23. The molecule has 5 heteroatoms. The number of nitrogens with one attached hydrogen (secondary N) is 1. The van der Waals surface area contributed by atoms with Gasteiger partial charge in [0, 0.05) is 44.1 Å². The van der Waals surface area contributed by atoms with Crippen molar-refractivity contribution < 1.29 is 14.0 Å². The Morgan fingerprint density at radius 1 is 1.25 bits per heavy atom. The van der Waals surface area contributed by atoms with Gasteiger partial charge in [0.25, 0.3) is 0 Å². The average molecular weight is 276 g/mol. The molecule has 0 aromatic heterocycles.